The zero-order valence-electron chi connectivity index (χ0n) is 15.6. The van der Waals surface area contributed by atoms with Gasteiger partial charge in [0.1, 0.15) is 5.82 Å². The van der Waals surface area contributed by atoms with Gasteiger partial charge in [0, 0.05) is 17.6 Å². The summed E-state index contributed by atoms with van der Waals surface area (Å²) < 4.78 is 2.47. The van der Waals surface area contributed by atoms with E-state index in [0.29, 0.717) is 23.3 Å². The van der Waals surface area contributed by atoms with E-state index in [9.17, 15) is 4.79 Å². The summed E-state index contributed by atoms with van der Waals surface area (Å²) in [5.41, 5.74) is 0.938. The molecular weight excluding hydrogens is 416 g/mol. The van der Waals surface area contributed by atoms with Gasteiger partial charge in [0.25, 0.3) is 0 Å². The summed E-state index contributed by atoms with van der Waals surface area (Å²) in [6.07, 6.45) is 1.65. The number of hydrogen-bond donors (Lipinski definition) is 2. The maximum atomic E-state index is 12.3. The molecule has 3 aromatic rings. The SMILES string of the molecule is CC(C)CNc1nnc(SCC(=O)Nc2ccnn2Cc2ccccc2Cl)s1. The Bertz CT molecular complexity index is 926. The van der Waals surface area contributed by atoms with Crippen molar-refractivity contribution >= 4 is 51.6 Å². The van der Waals surface area contributed by atoms with Gasteiger partial charge in [-0.15, -0.1) is 10.2 Å². The number of thioether (sulfide) groups is 1. The molecule has 0 saturated heterocycles. The van der Waals surface area contributed by atoms with Gasteiger partial charge in [0.15, 0.2) is 4.34 Å². The van der Waals surface area contributed by atoms with Crippen LogP contribution in [-0.2, 0) is 11.3 Å². The van der Waals surface area contributed by atoms with E-state index in [2.05, 4.69) is 39.8 Å². The molecule has 0 saturated carbocycles. The molecule has 28 heavy (non-hydrogen) atoms. The minimum Gasteiger partial charge on any atom is -0.360 e. The second-order valence-electron chi connectivity index (χ2n) is 6.45. The van der Waals surface area contributed by atoms with Crippen molar-refractivity contribution in [1.82, 2.24) is 20.0 Å². The zero-order chi connectivity index (χ0) is 19.9. The molecule has 1 aromatic carbocycles. The average Bonchev–Trinajstić information content (AvgIpc) is 3.30. The van der Waals surface area contributed by atoms with Crippen LogP contribution in [0.1, 0.15) is 19.4 Å². The molecule has 3 rings (SSSR count). The number of aromatic nitrogens is 4. The summed E-state index contributed by atoms with van der Waals surface area (Å²) in [7, 11) is 0. The number of halogens is 1. The van der Waals surface area contributed by atoms with Gasteiger partial charge >= 0.3 is 0 Å². The van der Waals surface area contributed by atoms with Crippen molar-refractivity contribution in [1.29, 1.82) is 0 Å². The molecule has 0 bridgehead atoms. The van der Waals surface area contributed by atoms with Gasteiger partial charge in [-0.25, -0.2) is 4.68 Å². The lowest BCUT2D eigenvalue weighted by atomic mass is 10.2. The highest BCUT2D eigenvalue weighted by molar-refractivity contribution is 8.01. The second-order valence-corrected chi connectivity index (χ2v) is 9.06. The number of nitrogens with one attached hydrogen (secondary N) is 2. The number of anilines is 2. The van der Waals surface area contributed by atoms with E-state index >= 15 is 0 Å². The van der Waals surface area contributed by atoms with Gasteiger partial charge < -0.3 is 10.6 Å². The van der Waals surface area contributed by atoms with E-state index in [1.54, 1.807) is 16.9 Å². The molecule has 2 N–H and O–H groups in total. The van der Waals surface area contributed by atoms with Crippen LogP contribution in [-0.4, -0.2) is 38.2 Å². The topological polar surface area (TPSA) is 84.7 Å². The van der Waals surface area contributed by atoms with Crippen LogP contribution in [0, 0.1) is 5.92 Å². The molecule has 0 unspecified atom stereocenters. The summed E-state index contributed by atoms with van der Waals surface area (Å²) in [6, 6.07) is 9.34. The lowest BCUT2D eigenvalue weighted by Crippen LogP contribution is -2.17. The van der Waals surface area contributed by atoms with Gasteiger partial charge in [-0.3, -0.25) is 4.79 Å². The van der Waals surface area contributed by atoms with Crippen molar-refractivity contribution in [3.63, 3.8) is 0 Å². The van der Waals surface area contributed by atoms with Crippen molar-refractivity contribution in [3.05, 3.63) is 47.1 Å². The van der Waals surface area contributed by atoms with Crippen molar-refractivity contribution in [2.75, 3.05) is 22.9 Å². The Kier molecular flexibility index (Phi) is 7.30. The van der Waals surface area contributed by atoms with E-state index in [4.69, 9.17) is 11.6 Å². The van der Waals surface area contributed by atoms with Crippen LogP contribution in [0.2, 0.25) is 5.02 Å². The van der Waals surface area contributed by atoms with Crippen molar-refractivity contribution in [3.8, 4) is 0 Å². The Labute approximate surface area is 176 Å². The van der Waals surface area contributed by atoms with Gasteiger partial charge in [-0.2, -0.15) is 5.10 Å². The normalized spacial score (nSPS) is 11.0. The van der Waals surface area contributed by atoms with Gasteiger partial charge in [-0.1, -0.05) is 66.7 Å². The summed E-state index contributed by atoms with van der Waals surface area (Å²) in [5, 5.41) is 20.0. The second kappa shape index (κ2) is 9.90. The van der Waals surface area contributed by atoms with E-state index < -0.39 is 0 Å². The van der Waals surface area contributed by atoms with Crippen LogP contribution < -0.4 is 10.6 Å². The lowest BCUT2D eigenvalue weighted by Gasteiger charge is -2.09. The third-order valence-electron chi connectivity index (χ3n) is 3.66. The average molecular weight is 437 g/mol. The molecule has 0 spiro atoms. The Morgan fingerprint density at radius 1 is 1.29 bits per heavy atom. The fourth-order valence-corrected chi connectivity index (χ4v) is 4.04. The Hall–Kier alpha value is -2.10. The van der Waals surface area contributed by atoms with Crippen LogP contribution in [0.25, 0.3) is 0 Å². The first kappa shape index (κ1) is 20.6. The molecule has 0 fully saturated rings. The molecule has 2 aromatic heterocycles. The first-order valence-corrected chi connectivity index (χ1v) is 10.9. The summed E-state index contributed by atoms with van der Waals surface area (Å²) in [6.45, 7) is 5.58. The molecule has 148 valence electrons. The van der Waals surface area contributed by atoms with Crippen molar-refractivity contribution < 1.29 is 4.79 Å². The maximum absolute atomic E-state index is 12.3. The summed E-state index contributed by atoms with van der Waals surface area (Å²) >= 11 is 9.02. The molecule has 0 aliphatic carbocycles. The monoisotopic (exact) mass is 436 g/mol. The van der Waals surface area contributed by atoms with Crippen LogP contribution in [0.5, 0.6) is 0 Å². The van der Waals surface area contributed by atoms with Crippen molar-refractivity contribution in [2.24, 2.45) is 5.92 Å². The first-order valence-electron chi connectivity index (χ1n) is 8.76. The zero-order valence-corrected chi connectivity index (χ0v) is 17.9. The van der Waals surface area contributed by atoms with E-state index in [0.717, 1.165) is 21.6 Å². The van der Waals surface area contributed by atoms with E-state index in [1.165, 1.54) is 23.1 Å². The third-order valence-corrected chi connectivity index (χ3v) is 6.04. The quantitative estimate of drug-likeness (QED) is 0.488. The largest absolute Gasteiger partial charge is 0.360 e. The smallest absolute Gasteiger partial charge is 0.235 e. The van der Waals surface area contributed by atoms with Gasteiger partial charge in [-0.05, 0) is 17.5 Å². The molecule has 0 aliphatic rings. The fraction of sp³-hybridized carbons (Fsp3) is 0.333. The number of benzene rings is 1. The molecule has 10 heteroatoms. The highest BCUT2D eigenvalue weighted by Crippen LogP contribution is 2.26. The molecule has 2 heterocycles. The minimum atomic E-state index is -0.127. The number of carbonyl (C=O) groups excluding carboxylic acids is 1. The maximum Gasteiger partial charge on any atom is 0.235 e. The van der Waals surface area contributed by atoms with Crippen LogP contribution >= 0.6 is 34.7 Å². The van der Waals surface area contributed by atoms with Gasteiger partial charge in [0.05, 0.1) is 18.5 Å². The predicted molar refractivity (Wildman–Crippen MR) is 115 cm³/mol. The van der Waals surface area contributed by atoms with Crippen LogP contribution in [0.15, 0.2) is 40.9 Å². The van der Waals surface area contributed by atoms with Crippen molar-refractivity contribution in [2.45, 2.75) is 24.7 Å². The number of hydrogen-bond acceptors (Lipinski definition) is 7. The number of carbonyl (C=O) groups is 1. The third kappa shape index (κ3) is 5.95. The molecular formula is C18H21ClN6OS2. The van der Waals surface area contributed by atoms with Gasteiger partial charge in [0.2, 0.25) is 11.0 Å². The highest BCUT2D eigenvalue weighted by atomic mass is 35.5. The van der Waals surface area contributed by atoms with E-state index in [-0.39, 0.29) is 11.7 Å². The standard InChI is InChI=1S/C18H21ClN6OS2/c1-12(2)9-20-17-23-24-18(28-17)27-11-16(26)22-15-7-8-21-25(15)10-13-5-3-4-6-14(13)19/h3-8,12H,9-11H2,1-2H3,(H,20,23)(H,22,26). The summed E-state index contributed by atoms with van der Waals surface area (Å²) in [4.78, 5) is 12.3. The van der Waals surface area contributed by atoms with Crippen LogP contribution in [0.3, 0.4) is 0 Å². The molecule has 0 atom stereocenters. The number of amides is 1. The fourth-order valence-electron chi connectivity index (χ4n) is 2.29. The molecule has 1 amide bonds. The molecule has 0 aliphatic heterocycles. The predicted octanol–water partition coefficient (Wildman–Crippen LogP) is 4.24. The van der Waals surface area contributed by atoms with E-state index in [1.807, 2.05) is 24.3 Å². The highest BCUT2D eigenvalue weighted by Gasteiger charge is 2.12. The first-order chi connectivity index (χ1) is 13.5. The number of rotatable bonds is 9. The minimum absolute atomic E-state index is 0.127. The summed E-state index contributed by atoms with van der Waals surface area (Å²) in [5.74, 6) is 1.28. The molecule has 7 nitrogen and oxygen atoms in total. The van der Waals surface area contributed by atoms with Crippen LogP contribution in [0.4, 0.5) is 10.9 Å². The number of nitrogens with zero attached hydrogens (tertiary/aromatic N) is 4. The Morgan fingerprint density at radius 2 is 2.11 bits per heavy atom. The Balaban J connectivity index is 1.52. The Morgan fingerprint density at radius 3 is 2.89 bits per heavy atom. The lowest BCUT2D eigenvalue weighted by molar-refractivity contribution is -0.113. The molecule has 0 radical (unpaired) electrons.